The number of nitrogens with zero attached hydrogens (tertiary/aromatic N) is 2. The number of benzene rings is 2. The van der Waals surface area contributed by atoms with E-state index >= 15 is 0 Å². The Balaban J connectivity index is 1.49. The number of methoxy groups -OCH3 is 1. The lowest BCUT2D eigenvalue weighted by Gasteiger charge is -2.30. The van der Waals surface area contributed by atoms with Crippen molar-refractivity contribution in [2.24, 2.45) is 0 Å². The van der Waals surface area contributed by atoms with Crippen molar-refractivity contribution < 1.29 is 14.6 Å². The monoisotopic (exact) mass is 423 g/mol. The molecule has 0 bridgehead atoms. The smallest absolute Gasteiger partial charge is 0.317 e. The molecule has 1 heterocycles. The van der Waals surface area contributed by atoms with E-state index in [4.69, 9.17) is 4.74 Å². The minimum Gasteiger partial charge on any atom is -0.389 e. The molecule has 0 saturated heterocycles. The third kappa shape index (κ3) is 5.02. The van der Waals surface area contributed by atoms with Gasteiger partial charge in [0.05, 0.1) is 25.8 Å². The van der Waals surface area contributed by atoms with Gasteiger partial charge >= 0.3 is 6.03 Å². The lowest BCUT2D eigenvalue weighted by atomic mass is 9.96. The van der Waals surface area contributed by atoms with Crippen molar-refractivity contribution in [3.8, 4) is 0 Å². The number of hydrogen-bond acceptors (Lipinski definition) is 3. The number of amides is 2. The predicted molar refractivity (Wildman–Crippen MR) is 124 cm³/mol. The summed E-state index contributed by atoms with van der Waals surface area (Å²) in [6.07, 6.45) is 4.96. The Bertz CT molecular complexity index is 956. The SMILES string of the molecule is COCCN(C[C@@H](O)Cn1c2ccccc2c2ccccc21)C(=O)NC1CCCCC1. The van der Waals surface area contributed by atoms with Gasteiger partial charge in [0.15, 0.2) is 0 Å². The lowest BCUT2D eigenvalue weighted by molar-refractivity contribution is 0.0907. The molecule has 0 spiro atoms. The fourth-order valence-electron chi connectivity index (χ4n) is 4.71. The fourth-order valence-corrected chi connectivity index (χ4v) is 4.71. The van der Waals surface area contributed by atoms with Crippen LogP contribution in [0.25, 0.3) is 21.8 Å². The van der Waals surface area contributed by atoms with Crippen molar-refractivity contribution in [3.63, 3.8) is 0 Å². The fraction of sp³-hybridized carbons (Fsp3) is 0.480. The van der Waals surface area contributed by atoms with Crippen LogP contribution in [0.4, 0.5) is 4.79 Å². The average Bonchev–Trinajstić information content (AvgIpc) is 3.11. The normalized spacial score (nSPS) is 15.9. The van der Waals surface area contributed by atoms with Crippen LogP contribution in [-0.4, -0.2) is 59.6 Å². The van der Waals surface area contributed by atoms with Gasteiger partial charge < -0.3 is 24.6 Å². The standard InChI is InChI=1S/C25H33N3O3/c1-31-16-15-27(25(30)26-19-9-3-2-4-10-19)17-20(29)18-28-23-13-7-5-11-21(23)22-12-6-8-14-24(22)28/h5-8,11-14,19-20,29H,2-4,9-10,15-18H2,1H3,(H,26,30)/t20-/m1/s1. The molecule has 3 aromatic rings. The topological polar surface area (TPSA) is 66.7 Å². The van der Waals surface area contributed by atoms with Gasteiger partial charge in [-0.15, -0.1) is 0 Å². The number of carbonyl (C=O) groups is 1. The van der Waals surface area contributed by atoms with Crippen LogP contribution in [0, 0.1) is 0 Å². The lowest BCUT2D eigenvalue weighted by Crippen LogP contribution is -2.49. The Labute approximate surface area is 183 Å². The van der Waals surface area contributed by atoms with Crippen molar-refractivity contribution >= 4 is 27.8 Å². The van der Waals surface area contributed by atoms with Gasteiger partial charge in [0, 0.05) is 41.5 Å². The maximum Gasteiger partial charge on any atom is 0.317 e. The zero-order valence-electron chi connectivity index (χ0n) is 18.3. The van der Waals surface area contributed by atoms with Crippen molar-refractivity contribution in [2.45, 2.75) is 50.8 Å². The molecule has 1 saturated carbocycles. The minimum absolute atomic E-state index is 0.106. The van der Waals surface area contributed by atoms with Crippen LogP contribution in [-0.2, 0) is 11.3 Å². The first-order valence-electron chi connectivity index (χ1n) is 11.4. The third-order valence-electron chi connectivity index (χ3n) is 6.29. The van der Waals surface area contributed by atoms with Crippen LogP contribution in [0.2, 0.25) is 0 Å². The molecule has 1 aliphatic carbocycles. The Kier molecular flexibility index (Phi) is 7.10. The average molecular weight is 424 g/mol. The van der Waals surface area contributed by atoms with Crippen LogP contribution in [0.3, 0.4) is 0 Å². The van der Waals surface area contributed by atoms with E-state index < -0.39 is 6.10 Å². The van der Waals surface area contributed by atoms with Crippen LogP contribution in [0.1, 0.15) is 32.1 Å². The first kappa shape index (κ1) is 21.7. The van der Waals surface area contributed by atoms with Crippen molar-refractivity contribution in [2.75, 3.05) is 26.8 Å². The van der Waals surface area contributed by atoms with E-state index in [1.165, 1.54) is 30.0 Å². The Morgan fingerprint density at radius 3 is 2.32 bits per heavy atom. The molecule has 6 heteroatoms. The highest BCUT2D eigenvalue weighted by atomic mass is 16.5. The first-order chi connectivity index (χ1) is 15.2. The van der Waals surface area contributed by atoms with Gasteiger partial charge in [-0.25, -0.2) is 4.79 Å². The van der Waals surface area contributed by atoms with E-state index in [0.717, 1.165) is 23.9 Å². The Morgan fingerprint density at radius 2 is 1.71 bits per heavy atom. The highest BCUT2D eigenvalue weighted by molar-refractivity contribution is 6.07. The number of para-hydroxylation sites is 2. The van der Waals surface area contributed by atoms with E-state index in [2.05, 4.69) is 34.1 Å². The van der Waals surface area contributed by atoms with Crippen molar-refractivity contribution in [1.29, 1.82) is 0 Å². The van der Waals surface area contributed by atoms with Crippen LogP contribution >= 0.6 is 0 Å². The van der Waals surface area contributed by atoms with E-state index in [1.54, 1.807) is 12.0 Å². The van der Waals surface area contributed by atoms with E-state index in [9.17, 15) is 9.90 Å². The van der Waals surface area contributed by atoms with Crippen LogP contribution in [0.15, 0.2) is 48.5 Å². The summed E-state index contributed by atoms with van der Waals surface area (Å²) in [4.78, 5) is 14.6. The summed E-state index contributed by atoms with van der Waals surface area (Å²) in [6, 6.07) is 16.6. The summed E-state index contributed by atoms with van der Waals surface area (Å²) in [6.45, 7) is 1.59. The van der Waals surface area contributed by atoms with Crippen LogP contribution < -0.4 is 5.32 Å². The molecule has 4 rings (SSSR count). The molecule has 1 fully saturated rings. The maximum absolute atomic E-state index is 12.9. The van der Waals surface area contributed by atoms with Gasteiger partial charge in [0.25, 0.3) is 0 Å². The second-order valence-electron chi connectivity index (χ2n) is 8.52. The third-order valence-corrected chi connectivity index (χ3v) is 6.29. The number of hydrogen-bond donors (Lipinski definition) is 2. The van der Waals surface area contributed by atoms with Gasteiger partial charge in [-0.05, 0) is 25.0 Å². The molecule has 0 radical (unpaired) electrons. The maximum atomic E-state index is 12.9. The van der Waals surface area contributed by atoms with E-state index in [0.29, 0.717) is 19.7 Å². The van der Waals surface area contributed by atoms with Gasteiger partial charge in [-0.1, -0.05) is 55.7 Å². The summed E-state index contributed by atoms with van der Waals surface area (Å²) < 4.78 is 7.36. The van der Waals surface area contributed by atoms with E-state index in [-0.39, 0.29) is 18.6 Å². The second kappa shape index (κ2) is 10.2. The quantitative estimate of drug-likeness (QED) is 0.572. The molecule has 1 atom stereocenters. The van der Waals surface area contributed by atoms with Gasteiger partial charge in [-0.3, -0.25) is 0 Å². The number of fused-ring (bicyclic) bond motifs is 3. The summed E-state index contributed by atoms with van der Waals surface area (Å²) >= 11 is 0. The molecule has 1 aromatic heterocycles. The molecule has 2 aromatic carbocycles. The number of aromatic nitrogens is 1. The number of ether oxygens (including phenoxy) is 1. The number of urea groups is 1. The Morgan fingerprint density at radius 1 is 1.10 bits per heavy atom. The molecule has 2 amide bonds. The minimum atomic E-state index is -0.687. The number of aliphatic hydroxyl groups is 1. The molecule has 0 aliphatic heterocycles. The summed E-state index contributed by atoms with van der Waals surface area (Å²) in [7, 11) is 1.63. The van der Waals surface area contributed by atoms with Crippen LogP contribution in [0.5, 0.6) is 0 Å². The molecule has 31 heavy (non-hydrogen) atoms. The zero-order valence-corrected chi connectivity index (χ0v) is 18.3. The van der Waals surface area contributed by atoms with Crippen molar-refractivity contribution in [3.05, 3.63) is 48.5 Å². The van der Waals surface area contributed by atoms with Crippen molar-refractivity contribution in [1.82, 2.24) is 14.8 Å². The molecular weight excluding hydrogens is 390 g/mol. The number of nitrogens with one attached hydrogen (secondary N) is 1. The van der Waals surface area contributed by atoms with Gasteiger partial charge in [0.2, 0.25) is 0 Å². The molecule has 166 valence electrons. The molecule has 0 unspecified atom stereocenters. The molecule has 1 aliphatic rings. The van der Waals surface area contributed by atoms with E-state index in [1.807, 2.05) is 24.3 Å². The second-order valence-corrected chi connectivity index (χ2v) is 8.52. The van der Waals surface area contributed by atoms with Gasteiger partial charge in [-0.2, -0.15) is 0 Å². The molecule has 2 N–H and O–H groups in total. The summed E-state index contributed by atoms with van der Waals surface area (Å²) in [5, 5.41) is 16.5. The zero-order chi connectivity index (χ0) is 21.6. The predicted octanol–water partition coefficient (Wildman–Crippen LogP) is 4.15. The molecular formula is C25H33N3O3. The highest BCUT2D eigenvalue weighted by Gasteiger charge is 2.23. The highest BCUT2D eigenvalue weighted by Crippen LogP contribution is 2.29. The largest absolute Gasteiger partial charge is 0.389 e. The number of rotatable bonds is 8. The number of carbonyl (C=O) groups excluding carboxylic acids is 1. The summed E-state index contributed by atoms with van der Waals surface area (Å²) in [5.41, 5.74) is 2.19. The number of aliphatic hydroxyl groups excluding tert-OH is 1. The van der Waals surface area contributed by atoms with Gasteiger partial charge in [0.1, 0.15) is 0 Å². The molecule has 6 nitrogen and oxygen atoms in total. The first-order valence-corrected chi connectivity index (χ1v) is 11.4. The summed E-state index contributed by atoms with van der Waals surface area (Å²) in [5.74, 6) is 0. The Hall–Kier alpha value is -2.57.